The minimum atomic E-state index is -1.24. The molecule has 0 unspecified atom stereocenters. The van der Waals surface area contributed by atoms with Crippen LogP contribution in [0.1, 0.15) is 19.4 Å². The summed E-state index contributed by atoms with van der Waals surface area (Å²) in [7, 11) is 1.56. The van der Waals surface area contributed by atoms with Gasteiger partial charge in [0.1, 0.15) is 17.8 Å². The third-order valence-corrected chi connectivity index (χ3v) is 3.84. The predicted octanol–water partition coefficient (Wildman–Crippen LogP) is 1.40. The Labute approximate surface area is 118 Å². The Hall–Kier alpha value is -0.980. The van der Waals surface area contributed by atoms with Gasteiger partial charge in [-0.25, -0.2) is 0 Å². The highest BCUT2D eigenvalue weighted by Gasteiger charge is 2.59. The minimum Gasteiger partial charge on any atom is -0.380 e. The van der Waals surface area contributed by atoms with Crippen molar-refractivity contribution >= 4 is 0 Å². The van der Waals surface area contributed by atoms with Crippen molar-refractivity contribution in [2.45, 2.75) is 43.7 Å². The van der Waals surface area contributed by atoms with Crippen LogP contribution in [0.4, 0.5) is 0 Å². The van der Waals surface area contributed by atoms with Gasteiger partial charge in [0.25, 0.3) is 0 Å². The van der Waals surface area contributed by atoms with Crippen LogP contribution in [-0.2, 0) is 24.5 Å². The Morgan fingerprint density at radius 1 is 1.20 bits per heavy atom. The number of hydrogen-bond acceptors (Lipinski definition) is 5. The summed E-state index contributed by atoms with van der Waals surface area (Å²) in [5, 5.41) is 11.1. The molecule has 1 N–H and O–H groups in total. The van der Waals surface area contributed by atoms with E-state index in [4.69, 9.17) is 18.9 Å². The summed E-state index contributed by atoms with van der Waals surface area (Å²) in [6, 6.07) is 9.39. The smallest absolute Gasteiger partial charge is 0.186 e. The molecule has 1 aromatic rings. The average Bonchev–Trinajstić information content (AvgIpc) is 2.77. The van der Waals surface area contributed by atoms with Gasteiger partial charge in [0.15, 0.2) is 12.1 Å². The maximum Gasteiger partial charge on any atom is 0.186 e. The Balaban J connectivity index is 1.98. The number of rotatable bonds is 2. The second-order valence-corrected chi connectivity index (χ2v) is 5.73. The molecule has 2 aliphatic heterocycles. The second kappa shape index (κ2) is 4.79. The van der Waals surface area contributed by atoms with E-state index in [1.165, 1.54) is 0 Å². The van der Waals surface area contributed by atoms with Crippen molar-refractivity contribution in [3.8, 4) is 0 Å². The number of methoxy groups -OCH3 is 1. The summed E-state index contributed by atoms with van der Waals surface area (Å²) < 4.78 is 22.7. The lowest BCUT2D eigenvalue weighted by Crippen LogP contribution is -2.58. The number of aliphatic hydroxyl groups is 1. The molecule has 2 aliphatic rings. The van der Waals surface area contributed by atoms with Crippen molar-refractivity contribution in [1.82, 2.24) is 0 Å². The lowest BCUT2D eigenvalue weighted by atomic mass is 9.84. The van der Waals surface area contributed by atoms with Crippen LogP contribution in [0.25, 0.3) is 0 Å². The van der Waals surface area contributed by atoms with Crippen molar-refractivity contribution in [2.75, 3.05) is 13.7 Å². The maximum absolute atomic E-state index is 11.1. The highest BCUT2D eigenvalue weighted by Crippen LogP contribution is 2.44. The van der Waals surface area contributed by atoms with Gasteiger partial charge in [0, 0.05) is 7.11 Å². The number of benzene rings is 1. The first-order valence-electron chi connectivity index (χ1n) is 6.74. The van der Waals surface area contributed by atoms with Crippen LogP contribution >= 0.6 is 0 Å². The van der Waals surface area contributed by atoms with E-state index in [2.05, 4.69) is 0 Å². The normalized spacial score (nSPS) is 39.5. The largest absolute Gasteiger partial charge is 0.380 e. The highest BCUT2D eigenvalue weighted by molar-refractivity contribution is 5.26. The fraction of sp³-hybridized carbons (Fsp3) is 0.600. The van der Waals surface area contributed by atoms with Crippen molar-refractivity contribution in [2.24, 2.45) is 0 Å². The van der Waals surface area contributed by atoms with E-state index in [1.54, 1.807) is 7.11 Å². The fourth-order valence-corrected chi connectivity index (χ4v) is 2.92. The Morgan fingerprint density at radius 2 is 1.90 bits per heavy atom. The summed E-state index contributed by atoms with van der Waals surface area (Å²) in [6.07, 6.45) is -1.53. The van der Waals surface area contributed by atoms with Gasteiger partial charge < -0.3 is 24.1 Å². The second-order valence-electron chi connectivity index (χ2n) is 5.73. The molecule has 0 radical (unpaired) electrons. The van der Waals surface area contributed by atoms with E-state index in [0.29, 0.717) is 0 Å². The molecular formula is C15H20O5. The zero-order valence-corrected chi connectivity index (χ0v) is 11.9. The van der Waals surface area contributed by atoms with Crippen molar-refractivity contribution in [3.63, 3.8) is 0 Å². The number of hydrogen-bond donors (Lipinski definition) is 1. The molecule has 2 heterocycles. The van der Waals surface area contributed by atoms with Crippen LogP contribution in [-0.4, -0.2) is 43.1 Å². The van der Waals surface area contributed by atoms with E-state index in [-0.39, 0.29) is 6.61 Å². The van der Waals surface area contributed by atoms with E-state index in [9.17, 15) is 5.11 Å². The standard InChI is InChI=1S/C15H20O5/c1-14(2)19-11-12(20-14)15(16,9-18-13(11)17-3)10-7-5-4-6-8-10/h4-8,11-13,16H,9H2,1-3H3/t11-,12+,13-,15+/m1/s1. The third kappa shape index (κ3) is 2.16. The van der Waals surface area contributed by atoms with Gasteiger partial charge in [0.2, 0.25) is 0 Å². The Kier molecular flexibility index (Phi) is 3.35. The topological polar surface area (TPSA) is 57.2 Å². The molecule has 0 aromatic heterocycles. The van der Waals surface area contributed by atoms with E-state index in [0.717, 1.165) is 5.56 Å². The van der Waals surface area contributed by atoms with Gasteiger partial charge >= 0.3 is 0 Å². The van der Waals surface area contributed by atoms with Gasteiger partial charge in [-0.05, 0) is 19.4 Å². The van der Waals surface area contributed by atoms with Crippen LogP contribution in [0, 0.1) is 0 Å². The van der Waals surface area contributed by atoms with Gasteiger partial charge in [0.05, 0.1) is 6.61 Å². The molecule has 3 rings (SSSR count). The molecule has 0 aliphatic carbocycles. The Morgan fingerprint density at radius 3 is 2.55 bits per heavy atom. The first-order valence-corrected chi connectivity index (χ1v) is 6.74. The lowest BCUT2D eigenvalue weighted by molar-refractivity contribution is -0.268. The molecule has 5 nitrogen and oxygen atoms in total. The fourth-order valence-electron chi connectivity index (χ4n) is 2.92. The van der Waals surface area contributed by atoms with Crippen LogP contribution < -0.4 is 0 Å². The average molecular weight is 280 g/mol. The predicted molar refractivity (Wildman–Crippen MR) is 70.9 cm³/mol. The maximum atomic E-state index is 11.1. The first kappa shape index (κ1) is 14.0. The van der Waals surface area contributed by atoms with Crippen LogP contribution in [0.2, 0.25) is 0 Å². The molecule has 2 saturated heterocycles. The molecule has 0 saturated carbocycles. The number of ether oxygens (including phenoxy) is 4. The van der Waals surface area contributed by atoms with E-state index >= 15 is 0 Å². The Bertz CT molecular complexity index is 474. The first-order chi connectivity index (χ1) is 9.46. The molecule has 2 fully saturated rings. The van der Waals surface area contributed by atoms with Crippen LogP contribution in [0.15, 0.2) is 30.3 Å². The minimum absolute atomic E-state index is 0.107. The molecule has 110 valence electrons. The zero-order chi connectivity index (χ0) is 14.4. The highest BCUT2D eigenvalue weighted by atomic mass is 16.8. The number of fused-ring (bicyclic) bond motifs is 1. The van der Waals surface area contributed by atoms with Crippen LogP contribution in [0.3, 0.4) is 0 Å². The zero-order valence-electron chi connectivity index (χ0n) is 11.9. The molecule has 0 spiro atoms. The molecule has 5 heteroatoms. The summed E-state index contributed by atoms with van der Waals surface area (Å²) in [4.78, 5) is 0. The molecule has 0 amide bonds. The quantitative estimate of drug-likeness (QED) is 0.887. The van der Waals surface area contributed by atoms with Gasteiger partial charge in [-0.2, -0.15) is 0 Å². The molecular weight excluding hydrogens is 260 g/mol. The lowest BCUT2D eigenvalue weighted by Gasteiger charge is -2.42. The summed E-state index contributed by atoms with van der Waals surface area (Å²) in [5.74, 6) is -0.775. The summed E-state index contributed by atoms with van der Waals surface area (Å²) >= 11 is 0. The van der Waals surface area contributed by atoms with E-state index < -0.39 is 29.9 Å². The van der Waals surface area contributed by atoms with Gasteiger partial charge in [-0.3, -0.25) is 0 Å². The van der Waals surface area contributed by atoms with Crippen molar-refractivity contribution in [3.05, 3.63) is 35.9 Å². The molecule has 1 aromatic carbocycles. The SMILES string of the molecule is CO[C@@H]1OC[C@](O)(c2ccccc2)[C@H]2OC(C)(C)O[C@@H]12. The molecule has 0 bridgehead atoms. The van der Waals surface area contributed by atoms with Gasteiger partial charge in [-0.1, -0.05) is 30.3 Å². The van der Waals surface area contributed by atoms with Crippen molar-refractivity contribution in [1.29, 1.82) is 0 Å². The van der Waals surface area contributed by atoms with E-state index in [1.807, 2.05) is 44.2 Å². The third-order valence-electron chi connectivity index (χ3n) is 3.84. The molecule has 4 atom stereocenters. The van der Waals surface area contributed by atoms with Crippen LogP contribution in [0.5, 0.6) is 0 Å². The summed E-state index contributed by atoms with van der Waals surface area (Å²) in [5.41, 5.74) is -0.486. The summed E-state index contributed by atoms with van der Waals surface area (Å²) in [6.45, 7) is 3.75. The van der Waals surface area contributed by atoms with Gasteiger partial charge in [-0.15, -0.1) is 0 Å². The monoisotopic (exact) mass is 280 g/mol. The van der Waals surface area contributed by atoms with Crippen molar-refractivity contribution < 1.29 is 24.1 Å². The molecule has 20 heavy (non-hydrogen) atoms.